The van der Waals surface area contributed by atoms with Crippen molar-refractivity contribution in [2.24, 2.45) is 0 Å². The van der Waals surface area contributed by atoms with E-state index in [4.69, 9.17) is 4.74 Å². The quantitative estimate of drug-likeness (QED) is 0.814. The van der Waals surface area contributed by atoms with E-state index in [-0.39, 0.29) is 0 Å². The van der Waals surface area contributed by atoms with Gasteiger partial charge in [0.05, 0.1) is 13.2 Å². The van der Waals surface area contributed by atoms with Crippen LogP contribution in [0.5, 0.6) is 5.75 Å². The van der Waals surface area contributed by atoms with Gasteiger partial charge >= 0.3 is 0 Å². The van der Waals surface area contributed by atoms with Crippen LogP contribution in [0.25, 0.3) is 0 Å². The van der Waals surface area contributed by atoms with Gasteiger partial charge in [-0.15, -0.1) is 0 Å². The summed E-state index contributed by atoms with van der Waals surface area (Å²) in [4.78, 5) is 2.42. The maximum Gasteiger partial charge on any atom is 0.115 e. The third-order valence-electron chi connectivity index (χ3n) is 5.29. The Morgan fingerprint density at radius 1 is 0.957 bits per heavy atom. The highest BCUT2D eigenvalue weighted by atomic mass is 28.3. The van der Waals surface area contributed by atoms with Gasteiger partial charge in [0.1, 0.15) is 13.8 Å². The average molecular weight is 325 g/mol. The van der Waals surface area contributed by atoms with Crippen molar-refractivity contribution < 1.29 is 9.84 Å². The van der Waals surface area contributed by atoms with Crippen molar-refractivity contribution in [1.29, 1.82) is 0 Å². The van der Waals surface area contributed by atoms with Crippen LogP contribution in [0.15, 0.2) is 36.4 Å². The molecule has 1 N–H and O–H groups in total. The Balaban J connectivity index is 1.78. The monoisotopic (exact) mass is 325 g/mol. The highest BCUT2D eigenvalue weighted by Crippen LogP contribution is 2.25. The van der Waals surface area contributed by atoms with Gasteiger partial charge < -0.3 is 14.7 Å². The zero-order chi connectivity index (χ0) is 16.0. The summed E-state index contributed by atoms with van der Waals surface area (Å²) in [5, 5.41) is 12.8. The van der Waals surface area contributed by atoms with Gasteiger partial charge in [0.15, 0.2) is 0 Å². The second-order valence-electron chi connectivity index (χ2n) is 7.08. The molecule has 0 unspecified atom stereocenters. The lowest BCUT2D eigenvalue weighted by Gasteiger charge is -2.36. The molecule has 0 aromatic heterocycles. The number of fused-ring (bicyclic) bond motifs is 2. The molecule has 2 heterocycles. The smallest absolute Gasteiger partial charge is 0.115 e. The summed E-state index contributed by atoms with van der Waals surface area (Å²) >= 11 is 0. The molecule has 0 bridgehead atoms. The number of phenolic OH excluding ortho intramolecular Hbond substituents is 1. The van der Waals surface area contributed by atoms with Gasteiger partial charge in [0.2, 0.25) is 0 Å². The molecule has 2 aliphatic heterocycles. The molecule has 4 heteroatoms. The number of benzene rings is 2. The fourth-order valence-corrected chi connectivity index (χ4v) is 7.23. The van der Waals surface area contributed by atoms with Gasteiger partial charge in [0, 0.05) is 18.8 Å². The molecule has 0 atom stereocenters. The molecule has 3 nitrogen and oxygen atoms in total. The van der Waals surface area contributed by atoms with E-state index in [1.54, 1.807) is 0 Å². The van der Waals surface area contributed by atoms with Gasteiger partial charge in [0.25, 0.3) is 0 Å². The summed E-state index contributed by atoms with van der Waals surface area (Å²) < 4.78 is 5.47. The van der Waals surface area contributed by atoms with Crippen molar-refractivity contribution in [1.82, 2.24) is 0 Å². The number of hydrogen-bond donors (Lipinski definition) is 1. The SMILES string of the molecule is C[Si]1(C)c2cc(O)ccc2Cc2ccc(N3CCOCC3)cc21. The van der Waals surface area contributed by atoms with Crippen LogP contribution in [0.2, 0.25) is 13.1 Å². The van der Waals surface area contributed by atoms with Crippen LogP contribution >= 0.6 is 0 Å². The molecule has 120 valence electrons. The summed E-state index contributed by atoms with van der Waals surface area (Å²) in [6.07, 6.45) is 0.977. The Labute approximate surface area is 138 Å². The Morgan fingerprint density at radius 3 is 2.35 bits per heavy atom. The zero-order valence-corrected chi connectivity index (χ0v) is 14.8. The molecule has 0 aliphatic carbocycles. The Kier molecular flexibility index (Phi) is 3.47. The van der Waals surface area contributed by atoms with E-state index >= 15 is 0 Å². The van der Waals surface area contributed by atoms with Crippen LogP contribution in [-0.2, 0) is 11.2 Å². The maximum atomic E-state index is 9.93. The van der Waals surface area contributed by atoms with Crippen molar-refractivity contribution in [2.75, 3.05) is 31.2 Å². The molecule has 1 saturated heterocycles. The molecule has 1 fully saturated rings. The van der Waals surface area contributed by atoms with E-state index in [2.05, 4.69) is 42.3 Å². The van der Waals surface area contributed by atoms with Crippen LogP contribution < -0.4 is 15.3 Å². The molecule has 2 aromatic rings. The largest absolute Gasteiger partial charge is 0.508 e. The maximum absolute atomic E-state index is 9.93. The minimum Gasteiger partial charge on any atom is -0.508 e. The highest BCUT2D eigenvalue weighted by Gasteiger charge is 2.35. The second-order valence-corrected chi connectivity index (χ2v) is 11.4. The van der Waals surface area contributed by atoms with Crippen molar-refractivity contribution in [3.63, 3.8) is 0 Å². The lowest BCUT2D eigenvalue weighted by atomic mass is 10.0. The Hall–Kier alpha value is -1.78. The fourth-order valence-electron chi connectivity index (χ4n) is 3.97. The Bertz CT molecular complexity index is 751. The Morgan fingerprint density at radius 2 is 1.61 bits per heavy atom. The molecule has 2 aliphatic rings. The van der Waals surface area contributed by atoms with Crippen LogP contribution in [0.3, 0.4) is 0 Å². The number of hydrogen-bond acceptors (Lipinski definition) is 3. The molecule has 4 rings (SSSR count). The first-order valence-corrected chi connectivity index (χ1v) is 11.3. The first-order chi connectivity index (χ1) is 11.1. The standard InChI is InChI=1S/C19H23NO2Si/c1-23(2)18-12-16(20-7-9-22-10-8-20)5-3-14(18)11-15-4-6-17(21)13-19(15)23/h3-6,12-13,21H,7-11H2,1-2H3. The van der Waals surface area contributed by atoms with E-state index < -0.39 is 8.07 Å². The second kappa shape index (κ2) is 5.39. The summed E-state index contributed by atoms with van der Waals surface area (Å²) in [7, 11) is -1.78. The van der Waals surface area contributed by atoms with E-state index in [1.807, 2.05) is 12.1 Å². The topological polar surface area (TPSA) is 32.7 Å². The van der Waals surface area contributed by atoms with E-state index in [9.17, 15) is 5.11 Å². The molecule has 0 spiro atoms. The summed E-state index contributed by atoms with van der Waals surface area (Å²) in [6.45, 7) is 8.36. The lowest BCUT2D eigenvalue weighted by molar-refractivity contribution is 0.122. The zero-order valence-electron chi connectivity index (χ0n) is 13.8. The van der Waals surface area contributed by atoms with E-state index in [0.717, 1.165) is 32.7 Å². The first-order valence-electron chi connectivity index (χ1n) is 8.34. The molecule has 0 amide bonds. The van der Waals surface area contributed by atoms with Crippen LogP contribution in [-0.4, -0.2) is 39.5 Å². The normalized spacial score (nSPS) is 19.1. The van der Waals surface area contributed by atoms with Gasteiger partial charge in [-0.05, 0) is 52.2 Å². The molecular formula is C19H23NO2Si. The molecule has 0 radical (unpaired) electrons. The minimum absolute atomic E-state index is 0.386. The van der Waals surface area contributed by atoms with Crippen molar-refractivity contribution >= 4 is 24.1 Å². The molecule has 23 heavy (non-hydrogen) atoms. The number of nitrogens with zero attached hydrogens (tertiary/aromatic N) is 1. The summed E-state index contributed by atoms with van der Waals surface area (Å²) in [5.41, 5.74) is 4.15. The van der Waals surface area contributed by atoms with Crippen molar-refractivity contribution in [3.05, 3.63) is 47.5 Å². The number of aromatic hydroxyl groups is 1. The van der Waals surface area contributed by atoms with E-state index in [0.29, 0.717) is 5.75 Å². The first kappa shape index (κ1) is 14.8. The van der Waals surface area contributed by atoms with Crippen LogP contribution in [0.1, 0.15) is 11.1 Å². The van der Waals surface area contributed by atoms with Crippen molar-refractivity contribution in [3.8, 4) is 5.75 Å². The molecule has 2 aromatic carbocycles. The summed E-state index contributed by atoms with van der Waals surface area (Å²) in [6, 6.07) is 12.9. The average Bonchev–Trinajstić information content (AvgIpc) is 2.56. The number of phenols is 1. The third-order valence-corrected chi connectivity index (χ3v) is 8.92. The van der Waals surface area contributed by atoms with Crippen LogP contribution in [0, 0.1) is 0 Å². The number of rotatable bonds is 1. The third kappa shape index (κ3) is 2.46. The molecule has 0 saturated carbocycles. The molecular weight excluding hydrogens is 302 g/mol. The van der Waals surface area contributed by atoms with Gasteiger partial charge in [-0.1, -0.05) is 25.2 Å². The van der Waals surface area contributed by atoms with Gasteiger partial charge in [-0.2, -0.15) is 0 Å². The number of anilines is 1. The summed E-state index contributed by atoms with van der Waals surface area (Å²) in [5.74, 6) is 0.386. The number of morpholine rings is 1. The predicted molar refractivity (Wildman–Crippen MR) is 97.1 cm³/mol. The number of ether oxygens (including phenoxy) is 1. The minimum atomic E-state index is -1.78. The predicted octanol–water partition coefficient (Wildman–Crippen LogP) is 1.96. The van der Waals surface area contributed by atoms with Crippen LogP contribution in [0.4, 0.5) is 5.69 Å². The lowest BCUT2D eigenvalue weighted by Crippen LogP contribution is -2.58. The highest BCUT2D eigenvalue weighted by molar-refractivity contribution is 7.01. The van der Waals surface area contributed by atoms with Gasteiger partial charge in [-0.3, -0.25) is 0 Å². The van der Waals surface area contributed by atoms with E-state index in [1.165, 1.54) is 27.2 Å². The van der Waals surface area contributed by atoms with Crippen molar-refractivity contribution in [2.45, 2.75) is 19.5 Å². The fraction of sp³-hybridized carbons (Fsp3) is 0.368. The van der Waals surface area contributed by atoms with Gasteiger partial charge in [-0.25, -0.2) is 0 Å².